The standard InChI is InChI=1S/C19H13BrINO5/c1-25-17(23)10-26-13-4-2-3-11(7-13)8-16-19(24)27-18(22-16)12-5-6-15(21)14(20)9-12/h2-9H,10H2,1H3/b16-8-. The summed E-state index contributed by atoms with van der Waals surface area (Å²) in [7, 11) is 1.29. The smallest absolute Gasteiger partial charge is 0.363 e. The molecule has 3 rings (SSSR count). The summed E-state index contributed by atoms with van der Waals surface area (Å²) in [5.74, 6) is -0.273. The van der Waals surface area contributed by atoms with E-state index in [0.29, 0.717) is 16.9 Å². The number of hydrogen-bond donors (Lipinski definition) is 0. The molecule has 0 aromatic heterocycles. The Bertz CT molecular complexity index is 970. The minimum Gasteiger partial charge on any atom is -0.482 e. The molecule has 6 nitrogen and oxygen atoms in total. The molecule has 0 aliphatic carbocycles. The Hall–Kier alpha value is -2.20. The van der Waals surface area contributed by atoms with Crippen molar-refractivity contribution in [1.29, 1.82) is 0 Å². The zero-order valence-corrected chi connectivity index (χ0v) is 17.8. The van der Waals surface area contributed by atoms with E-state index in [9.17, 15) is 9.59 Å². The molecule has 0 amide bonds. The van der Waals surface area contributed by atoms with Crippen molar-refractivity contribution >= 4 is 62.4 Å². The highest BCUT2D eigenvalue weighted by atomic mass is 127. The van der Waals surface area contributed by atoms with Gasteiger partial charge in [-0.05, 0) is 80.5 Å². The lowest BCUT2D eigenvalue weighted by atomic mass is 10.2. The van der Waals surface area contributed by atoms with E-state index in [1.165, 1.54) is 7.11 Å². The largest absolute Gasteiger partial charge is 0.482 e. The fourth-order valence-electron chi connectivity index (χ4n) is 2.21. The monoisotopic (exact) mass is 541 g/mol. The van der Waals surface area contributed by atoms with Gasteiger partial charge in [-0.1, -0.05) is 12.1 Å². The molecule has 1 heterocycles. The van der Waals surface area contributed by atoms with Gasteiger partial charge in [0.1, 0.15) is 5.75 Å². The molecule has 1 aliphatic heterocycles. The number of carbonyl (C=O) groups excluding carboxylic acids is 2. The third-order valence-corrected chi connectivity index (χ3v) is 5.87. The molecule has 0 fully saturated rings. The first-order chi connectivity index (χ1) is 13.0. The SMILES string of the molecule is COC(=O)COc1cccc(/C=C2\N=C(c3ccc(I)c(Br)c3)OC2=O)c1. The third-order valence-electron chi connectivity index (χ3n) is 3.53. The van der Waals surface area contributed by atoms with Gasteiger partial charge in [-0.25, -0.2) is 14.6 Å². The molecule has 2 aromatic rings. The molecule has 0 saturated heterocycles. The summed E-state index contributed by atoms with van der Waals surface area (Å²) in [6.07, 6.45) is 1.60. The van der Waals surface area contributed by atoms with Gasteiger partial charge in [-0.2, -0.15) is 0 Å². The van der Waals surface area contributed by atoms with E-state index >= 15 is 0 Å². The number of ether oxygens (including phenoxy) is 3. The maximum absolute atomic E-state index is 12.1. The molecule has 0 radical (unpaired) electrons. The van der Waals surface area contributed by atoms with Crippen molar-refractivity contribution in [2.24, 2.45) is 4.99 Å². The molecule has 0 N–H and O–H groups in total. The molecule has 2 aromatic carbocycles. The van der Waals surface area contributed by atoms with E-state index in [0.717, 1.165) is 8.04 Å². The summed E-state index contributed by atoms with van der Waals surface area (Å²) in [6, 6.07) is 12.5. The van der Waals surface area contributed by atoms with Crippen molar-refractivity contribution in [3.05, 3.63) is 67.3 Å². The number of nitrogens with zero attached hydrogens (tertiary/aromatic N) is 1. The molecule has 0 spiro atoms. The Morgan fingerprint density at radius 3 is 2.85 bits per heavy atom. The van der Waals surface area contributed by atoms with Gasteiger partial charge >= 0.3 is 11.9 Å². The Morgan fingerprint density at radius 2 is 2.11 bits per heavy atom. The van der Waals surface area contributed by atoms with Crippen LogP contribution in [0.5, 0.6) is 5.75 Å². The number of methoxy groups -OCH3 is 1. The van der Waals surface area contributed by atoms with Crippen LogP contribution in [0.15, 0.2) is 57.6 Å². The summed E-state index contributed by atoms with van der Waals surface area (Å²) in [6.45, 7) is -0.192. The van der Waals surface area contributed by atoms with E-state index in [-0.39, 0.29) is 18.2 Å². The van der Waals surface area contributed by atoms with Crippen LogP contribution in [0.25, 0.3) is 6.08 Å². The van der Waals surface area contributed by atoms with E-state index < -0.39 is 11.9 Å². The van der Waals surface area contributed by atoms with E-state index in [1.807, 2.05) is 18.2 Å². The number of rotatable bonds is 5. The predicted molar refractivity (Wildman–Crippen MR) is 111 cm³/mol. The van der Waals surface area contributed by atoms with Crippen molar-refractivity contribution in [3.8, 4) is 5.75 Å². The van der Waals surface area contributed by atoms with Crippen molar-refractivity contribution in [2.45, 2.75) is 0 Å². The van der Waals surface area contributed by atoms with Crippen LogP contribution in [0, 0.1) is 3.57 Å². The fourth-order valence-corrected chi connectivity index (χ4v) is 2.93. The highest BCUT2D eigenvalue weighted by molar-refractivity contribution is 14.1. The van der Waals surface area contributed by atoms with Crippen molar-refractivity contribution in [2.75, 3.05) is 13.7 Å². The number of carbonyl (C=O) groups is 2. The molecule has 8 heteroatoms. The van der Waals surface area contributed by atoms with Crippen LogP contribution in [-0.2, 0) is 19.1 Å². The molecule has 0 bridgehead atoms. The third kappa shape index (κ3) is 4.95. The van der Waals surface area contributed by atoms with Crippen molar-refractivity contribution < 1.29 is 23.8 Å². The fraction of sp³-hybridized carbons (Fsp3) is 0.105. The Morgan fingerprint density at radius 1 is 1.30 bits per heavy atom. The second kappa shape index (κ2) is 8.66. The van der Waals surface area contributed by atoms with Crippen molar-refractivity contribution in [3.63, 3.8) is 0 Å². The lowest BCUT2D eigenvalue weighted by Crippen LogP contribution is -2.12. The number of aliphatic imine (C=N–C) groups is 1. The summed E-state index contributed by atoms with van der Waals surface area (Å²) in [5, 5.41) is 0. The molecular formula is C19H13BrINO5. The van der Waals surface area contributed by atoms with Gasteiger partial charge < -0.3 is 14.2 Å². The van der Waals surface area contributed by atoms with E-state index in [1.54, 1.807) is 30.3 Å². The normalized spacial score (nSPS) is 14.7. The molecule has 1 aliphatic rings. The second-order valence-electron chi connectivity index (χ2n) is 5.40. The van der Waals surface area contributed by atoms with Crippen molar-refractivity contribution in [1.82, 2.24) is 0 Å². The molecule has 0 saturated carbocycles. The summed E-state index contributed by atoms with van der Waals surface area (Å²) >= 11 is 5.65. The van der Waals surface area contributed by atoms with E-state index in [2.05, 4.69) is 48.3 Å². The van der Waals surface area contributed by atoms with E-state index in [4.69, 9.17) is 9.47 Å². The molecule has 138 valence electrons. The minimum absolute atomic E-state index is 0.185. The quantitative estimate of drug-likeness (QED) is 0.325. The summed E-state index contributed by atoms with van der Waals surface area (Å²) in [4.78, 5) is 27.6. The van der Waals surface area contributed by atoms with Gasteiger partial charge in [-0.3, -0.25) is 0 Å². The number of esters is 2. The number of hydrogen-bond acceptors (Lipinski definition) is 6. The number of benzene rings is 2. The van der Waals surface area contributed by atoms with Gasteiger partial charge in [0.25, 0.3) is 0 Å². The number of cyclic esters (lactones) is 1. The maximum atomic E-state index is 12.1. The first-order valence-electron chi connectivity index (χ1n) is 7.74. The molecule has 27 heavy (non-hydrogen) atoms. The van der Waals surface area contributed by atoms with Crippen LogP contribution in [0.2, 0.25) is 0 Å². The average Bonchev–Trinajstić information content (AvgIpc) is 3.02. The zero-order valence-electron chi connectivity index (χ0n) is 14.1. The van der Waals surface area contributed by atoms with Crippen LogP contribution < -0.4 is 4.74 Å². The molecule has 0 atom stereocenters. The second-order valence-corrected chi connectivity index (χ2v) is 7.42. The van der Waals surface area contributed by atoms with Gasteiger partial charge in [0.2, 0.25) is 5.90 Å². The molecular weight excluding hydrogens is 529 g/mol. The topological polar surface area (TPSA) is 74.2 Å². The Balaban J connectivity index is 1.82. The first-order valence-corrected chi connectivity index (χ1v) is 9.61. The lowest BCUT2D eigenvalue weighted by Gasteiger charge is -2.05. The Kier molecular flexibility index (Phi) is 6.27. The predicted octanol–water partition coefficient (Wildman–Crippen LogP) is 3.95. The number of halogens is 2. The van der Waals surface area contributed by atoms with Gasteiger partial charge in [0, 0.05) is 13.6 Å². The zero-order chi connectivity index (χ0) is 19.4. The molecule has 0 unspecified atom stereocenters. The first kappa shape index (κ1) is 19.6. The van der Waals surface area contributed by atoms with Gasteiger partial charge in [0.15, 0.2) is 12.3 Å². The summed E-state index contributed by atoms with van der Waals surface area (Å²) in [5.41, 5.74) is 1.58. The lowest BCUT2D eigenvalue weighted by molar-refractivity contribution is -0.142. The van der Waals surface area contributed by atoms with Crippen LogP contribution in [-0.4, -0.2) is 31.6 Å². The highest BCUT2D eigenvalue weighted by Crippen LogP contribution is 2.25. The maximum Gasteiger partial charge on any atom is 0.363 e. The highest BCUT2D eigenvalue weighted by Gasteiger charge is 2.24. The van der Waals surface area contributed by atoms with Crippen LogP contribution >= 0.6 is 38.5 Å². The van der Waals surface area contributed by atoms with Gasteiger partial charge in [0.05, 0.1) is 7.11 Å². The average molecular weight is 542 g/mol. The minimum atomic E-state index is -0.527. The Labute approximate surface area is 177 Å². The van der Waals surface area contributed by atoms with Gasteiger partial charge in [-0.15, -0.1) is 0 Å². The summed E-state index contributed by atoms with van der Waals surface area (Å²) < 4.78 is 17.1. The van der Waals surface area contributed by atoms with Crippen LogP contribution in [0.4, 0.5) is 0 Å². The van der Waals surface area contributed by atoms with Crippen LogP contribution in [0.3, 0.4) is 0 Å². The van der Waals surface area contributed by atoms with Crippen LogP contribution in [0.1, 0.15) is 11.1 Å².